The van der Waals surface area contributed by atoms with Gasteiger partial charge in [0.2, 0.25) is 0 Å². The number of fused-ring (bicyclic) bond motifs is 1. The molecule has 4 heteroatoms. The molecule has 1 N–H and O–H groups in total. The molecule has 120 valence electrons. The summed E-state index contributed by atoms with van der Waals surface area (Å²) in [5, 5.41) is 3.47. The summed E-state index contributed by atoms with van der Waals surface area (Å²) in [4.78, 5) is 0. The third-order valence-corrected chi connectivity index (χ3v) is 4.62. The molecular weight excluding hydrogens is 354 g/mol. The lowest BCUT2D eigenvalue weighted by Gasteiger charge is -2.16. The van der Waals surface area contributed by atoms with Crippen molar-refractivity contribution in [3.05, 3.63) is 63.8 Å². The van der Waals surface area contributed by atoms with Gasteiger partial charge in [-0.15, -0.1) is 0 Å². The largest absolute Gasteiger partial charge is 0.493 e. The molecule has 0 amide bonds. The van der Waals surface area contributed by atoms with E-state index in [4.69, 9.17) is 9.47 Å². The summed E-state index contributed by atoms with van der Waals surface area (Å²) < 4.78 is 12.0. The molecule has 0 spiro atoms. The lowest BCUT2D eigenvalue weighted by molar-refractivity contribution is 0.354. The van der Waals surface area contributed by atoms with Crippen molar-refractivity contribution in [2.24, 2.45) is 0 Å². The molecule has 0 fully saturated rings. The third kappa shape index (κ3) is 3.22. The van der Waals surface area contributed by atoms with Crippen LogP contribution in [-0.4, -0.2) is 20.3 Å². The normalized spacial score (nSPS) is 16.7. The first kappa shape index (κ1) is 15.9. The summed E-state index contributed by atoms with van der Waals surface area (Å²) in [5.41, 5.74) is 4.78. The van der Waals surface area contributed by atoms with Gasteiger partial charge >= 0.3 is 0 Å². The molecule has 1 aliphatic rings. The SMILES string of the molecule is COc1cc2c(cc1OC)C(c1ccc(Br)cc1)=CNC(C)C2. The predicted molar refractivity (Wildman–Crippen MR) is 97.1 cm³/mol. The van der Waals surface area contributed by atoms with Crippen LogP contribution in [0.3, 0.4) is 0 Å². The van der Waals surface area contributed by atoms with Crippen LogP contribution in [0.15, 0.2) is 47.1 Å². The quantitative estimate of drug-likeness (QED) is 0.865. The van der Waals surface area contributed by atoms with Crippen molar-refractivity contribution in [3.8, 4) is 11.5 Å². The highest BCUT2D eigenvalue weighted by Crippen LogP contribution is 2.37. The Hall–Kier alpha value is -1.94. The smallest absolute Gasteiger partial charge is 0.161 e. The summed E-state index contributed by atoms with van der Waals surface area (Å²) in [6.07, 6.45) is 3.04. The lowest BCUT2D eigenvalue weighted by Crippen LogP contribution is -2.21. The van der Waals surface area contributed by atoms with Crippen LogP contribution in [0.5, 0.6) is 11.5 Å². The number of ether oxygens (including phenoxy) is 2. The van der Waals surface area contributed by atoms with Gasteiger partial charge in [0, 0.05) is 22.3 Å². The fraction of sp³-hybridized carbons (Fsp3) is 0.263. The van der Waals surface area contributed by atoms with Crippen LogP contribution in [0.2, 0.25) is 0 Å². The summed E-state index contributed by atoms with van der Waals surface area (Å²) in [6, 6.07) is 12.9. The fourth-order valence-electron chi connectivity index (χ4n) is 2.90. The van der Waals surface area contributed by atoms with Gasteiger partial charge in [-0.25, -0.2) is 0 Å². The molecule has 0 aromatic heterocycles. The van der Waals surface area contributed by atoms with Crippen molar-refractivity contribution < 1.29 is 9.47 Å². The monoisotopic (exact) mass is 373 g/mol. The number of methoxy groups -OCH3 is 2. The van der Waals surface area contributed by atoms with Gasteiger partial charge in [0.25, 0.3) is 0 Å². The maximum Gasteiger partial charge on any atom is 0.161 e. The van der Waals surface area contributed by atoms with Crippen molar-refractivity contribution in [1.29, 1.82) is 0 Å². The molecule has 2 aromatic rings. The van der Waals surface area contributed by atoms with Gasteiger partial charge in [-0.05, 0) is 54.3 Å². The van der Waals surface area contributed by atoms with E-state index in [1.165, 1.54) is 16.7 Å². The van der Waals surface area contributed by atoms with E-state index in [-0.39, 0.29) is 0 Å². The van der Waals surface area contributed by atoms with Crippen LogP contribution in [-0.2, 0) is 6.42 Å². The number of nitrogens with one attached hydrogen (secondary N) is 1. The van der Waals surface area contributed by atoms with E-state index >= 15 is 0 Å². The Morgan fingerprint density at radius 2 is 1.70 bits per heavy atom. The molecule has 0 aliphatic carbocycles. The van der Waals surface area contributed by atoms with Crippen LogP contribution in [0.1, 0.15) is 23.6 Å². The molecule has 2 aromatic carbocycles. The maximum absolute atomic E-state index is 5.49. The summed E-state index contributed by atoms with van der Waals surface area (Å²) in [5.74, 6) is 1.53. The highest BCUT2D eigenvalue weighted by atomic mass is 79.9. The molecule has 0 radical (unpaired) electrons. The highest BCUT2D eigenvalue weighted by molar-refractivity contribution is 9.10. The molecule has 1 atom stereocenters. The molecule has 1 aliphatic heterocycles. The lowest BCUT2D eigenvalue weighted by atomic mass is 9.92. The van der Waals surface area contributed by atoms with E-state index in [0.29, 0.717) is 6.04 Å². The summed E-state index contributed by atoms with van der Waals surface area (Å²) >= 11 is 3.50. The maximum atomic E-state index is 5.49. The Balaban J connectivity index is 2.17. The number of hydrogen-bond donors (Lipinski definition) is 1. The highest BCUT2D eigenvalue weighted by Gasteiger charge is 2.19. The molecular formula is C19H20BrNO2. The van der Waals surface area contributed by atoms with Crippen LogP contribution >= 0.6 is 15.9 Å². The average molecular weight is 374 g/mol. The first-order valence-electron chi connectivity index (χ1n) is 7.59. The predicted octanol–water partition coefficient (Wildman–Crippen LogP) is 4.39. The van der Waals surface area contributed by atoms with Crippen molar-refractivity contribution in [2.45, 2.75) is 19.4 Å². The molecule has 0 bridgehead atoms. The summed E-state index contributed by atoms with van der Waals surface area (Å²) in [6.45, 7) is 2.18. The van der Waals surface area contributed by atoms with Crippen LogP contribution in [0.4, 0.5) is 0 Å². The Kier molecular flexibility index (Phi) is 4.62. The minimum atomic E-state index is 0.361. The Morgan fingerprint density at radius 1 is 1.04 bits per heavy atom. The van der Waals surface area contributed by atoms with Crippen LogP contribution in [0.25, 0.3) is 5.57 Å². The van der Waals surface area contributed by atoms with Gasteiger partial charge < -0.3 is 14.8 Å². The van der Waals surface area contributed by atoms with Gasteiger partial charge in [0.15, 0.2) is 11.5 Å². The Labute approximate surface area is 145 Å². The van der Waals surface area contributed by atoms with Crippen LogP contribution in [0, 0.1) is 0 Å². The van der Waals surface area contributed by atoms with E-state index in [0.717, 1.165) is 28.0 Å². The van der Waals surface area contributed by atoms with E-state index in [1.54, 1.807) is 14.2 Å². The number of rotatable bonds is 3. The molecule has 3 nitrogen and oxygen atoms in total. The molecule has 1 heterocycles. The first-order chi connectivity index (χ1) is 11.1. The fourth-order valence-corrected chi connectivity index (χ4v) is 3.17. The second-order valence-electron chi connectivity index (χ2n) is 5.70. The first-order valence-corrected chi connectivity index (χ1v) is 8.39. The zero-order chi connectivity index (χ0) is 16.4. The molecule has 0 saturated heterocycles. The van der Waals surface area contributed by atoms with E-state index in [1.807, 2.05) is 0 Å². The van der Waals surface area contributed by atoms with Gasteiger partial charge in [0.05, 0.1) is 14.2 Å². The zero-order valence-electron chi connectivity index (χ0n) is 13.5. The second-order valence-corrected chi connectivity index (χ2v) is 6.62. The number of benzene rings is 2. The Bertz CT molecular complexity index is 738. The zero-order valence-corrected chi connectivity index (χ0v) is 15.1. The van der Waals surface area contributed by atoms with Crippen molar-refractivity contribution in [1.82, 2.24) is 5.32 Å². The third-order valence-electron chi connectivity index (χ3n) is 4.09. The van der Waals surface area contributed by atoms with Gasteiger partial charge in [-0.3, -0.25) is 0 Å². The molecule has 1 unspecified atom stereocenters. The number of hydrogen-bond acceptors (Lipinski definition) is 3. The van der Waals surface area contributed by atoms with Gasteiger partial charge in [-0.1, -0.05) is 28.1 Å². The second kappa shape index (κ2) is 6.67. The van der Waals surface area contributed by atoms with Gasteiger partial charge in [-0.2, -0.15) is 0 Å². The van der Waals surface area contributed by atoms with E-state index in [2.05, 4.69) is 70.8 Å². The number of halogens is 1. The van der Waals surface area contributed by atoms with Crippen molar-refractivity contribution in [3.63, 3.8) is 0 Å². The van der Waals surface area contributed by atoms with E-state index in [9.17, 15) is 0 Å². The van der Waals surface area contributed by atoms with E-state index < -0.39 is 0 Å². The standard InChI is InChI=1S/C19H20BrNO2/c1-12-8-14-9-18(22-2)19(23-3)10-16(14)17(11-21-12)13-4-6-15(20)7-5-13/h4-7,9-12,21H,8H2,1-3H3. The molecule has 0 saturated carbocycles. The molecule has 3 rings (SSSR count). The van der Waals surface area contributed by atoms with Crippen molar-refractivity contribution >= 4 is 21.5 Å². The topological polar surface area (TPSA) is 30.5 Å². The van der Waals surface area contributed by atoms with Gasteiger partial charge in [0.1, 0.15) is 0 Å². The van der Waals surface area contributed by atoms with Crippen LogP contribution < -0.4 is 14.8 Å². The average Bonchev–Trinajstić information content (AvgIpc) is 2.72. The van der Waals surface area contributed by atoms with Crippen molar-refractivity contribution in [2.75, 3.05) is 14.2 Å². The minimum Gasteiger partial charge on any atom is -0.493 e. The minimum absolute atomic E-state index is 0.361. The Morgan fingerprint density at radius 3 is 2.35 bits per heavy atom. The summed E-state index contributed by atoms with van der Waals surface area (Å²) in [7, 11) is 3.35. The molecule has 23 heavy (non-hydrogen) atoms.